The first-order valence-electron chi connectivity index (χ1n) is 9.67. The van der Waals surface area contributed by atoms with Gasteiger partial charge in [0, 0.05) is 49.9 Å². The van der Waals surface area contributed by atoms with Gasteiger partial charge < -0.3 is 14.3 Å². The number of hydrogen-bond donors (Lipinski definition) is 1. The van der Waals surface area contributed by atoms with Crippen LogP contribution in [0.3, 0.4) is 0 Å². The van der Waals surface area contributed by atoms with Crippen molar-refractivity contribution in [2.24, 2.45) is 0 Å². The van der Waals surface area contributed by atoms with Gasteiger partial charge in [-0.25, -0.2) is 4.98 Å². The van der Waals surface area contributed by atoms with Crippen LogP contribution < -0.4 is 5.56 Å². The fourth-order valence-electron chi connectivity index (χ4n) is 3.65. The zero-order valence-electron chi connectivity index (χ0n) is 16.7. The summed E-state index contributed by atoms with van der Waals surface area (Å²) in [7, 11) is 2.17. The molecule has 0 spiro atoms. The summed E-state index contributed by atoms with van der Waals surface area (Å²) in [6, 6.07) is 11.7. The number of aryl methyl sites for hydroxylation is 2. The Morgan fingerprint density at radius 2 is 1.79 bits per heavy atom. The molecule has 1 saturated heterocycles. The lowest BCUT2D eigenvalue weighted by Crippen LogP contribution is -2.43. The van der Waals surface area contributed by atoms with Crippen LogP contribution in [0.2, 0.25) is 0 Å². The van der Waals surface area contributed by atoms with Gasteiger partial charge in [0.25, 0.3) is 5.56 Å². The number of rotatable bonds is 4. The van der Waals surface area contributed by atoms with Crippen LogP contribution in [0.4, 0.5) is 0 Å². The van der Waals surface area contributed by atoms with E-state index >= 15 is 0 Å². The Labute approximate surface area is 164 Å². The van der Waals surface area contributed by atoms with Gasteiger partial charge in [-0.05, 0) is 32.5 Å². The monoisotopic (exact) mass is 378 g/mol. The van der Waals surface area contributed by atoms with Crippen LogP contribution in [0, 0.1) is 13.8 Å². The molecule has 4 rings (SSSR count). The van der Waals surface area contributed by atoms with E-state index in [1.165, 1.54) is 11.6 Å². The van der Waals surface area contributed by atoms with Gasteiger partial charge in [0.1, 0.15) is 17.3 Å². The number of likely N-dealkylation sites (N-methyl/N-ethyl adjacent to an activating group) is 1. The highest BCUT2D eigenvalue weighted by Gasteiger charge is 2.15. The topological polar surface area (TPSA) is 65.4 Å². The molecular weight excluding hydrogens is 352 g/mol. The number of hydrogen-bond acceptors (Lipinski definition) is 5. The molecule has 0 bridgehead atoms. The average Bonchev–Trinajstić information content (AvgIpc) is 3.02. The standard InChI is InChI=1S/C22H26N4O2/c1-15-12-19(16(2)28-15)20-13-21(27)24-22(23-20)18-6-4-17(5-7-18)14-26-10-8-25(3)9-11-26/h4-7,12-13H,8-11,14H2,1-3H3,(H,23,24,27). The summed E-state index contributed by atoms with van der Waals surface area (Å²) in [4.78, 5) is 24.5. The molecule has 0 atom stereocenters. The molecular formula is C22H26N4O2. The molecule has 1 aliphatic rings. The second kappa shape index (κ2) is 7.73. The van der Waals surface area contributed by atoms with Crippen molar-refractivity contribution in [1.82, 2.24) is 19.8 Å². The van der Waals surface area contributed by atoms with Crippen LogP contribution >= 0.6 is 0 Å². The Balaban J connectivity index is 1.56. The first-order valence-corrected chi connectivity index (χ1v) is 9.67. The summed E-state index contributed by atoms with van der Waals surface area (Å²) >= 11 is 0. The van der Waals surface area contributed by atoms with Crippen LogP contribution in [0.1, 0.15) is 17.1 Å². The highest BCUT2D eigenvalue weighted by Crippen LogP contribution is 2.25. The fraction of sp³-hybridized carbons (Fsp3) is 0.364. The van der Waals surface area contributed by atoms with E-state index < -0.39 is 0 Å². The Morgan fingerprint density at radius 1 is 1.07 bits per heavy atom. The molecule has 1 aliphatic heterocycles. The lowest BCUT2D eigenvalue weighted by atomic mass is 10.1. The van der Waals surface area contributed by atoms with Gasteiger partial charge in [-0.3, -0.25) is 9.69 Å². The molecule has 2 aromatic heterocycles. The molecule has 1 aromatic carbocycles. The summed E-state index contributed by atoms with van der Waals surface area (Å²) in [5, 5.41) is 0. The highest BCUT2D eigenvalue weighted by molar-refractivity contribution is 5.65. The normalized spacial score (nSPS) is 15.8. The number of piperazine rings is 1. The second-order valence-corrected chi connectivity index (χ2v) is 7.58. The zero-order chi connectivity index (χ0) is 19.7. The summed E-state index contributed by atoms with van der Waals surface area (Å²) < 4.78 is 5.59. The number of nitrogens with one attached hydrogen (secondary N) is 1. The zero-order valence-corrected chi connectivity index (χ0v) is 16.7. The Kier molecular flexibility index (Phi) is 5.15. The van der Waals surface area contributed by atoms with Crippen LogP contribution in [0.15, 0.2) is 45.6 Å². The molecule has 3 aromatic rings. The predicted molar refractivity (Wildman–Crippen MR) is 110 cm³/mol. The number of benzene rings is 1. The van der Waals surface area contributed by atoms with Crippen molar-refractivity contribution in [1.29, 1.82) is 0 Å². The predicted octanol–water partition coefficient (Wildman–Crippen LogP) is 3.06. The van der Waals surface area contributed by atoms with Gasteiger partial charge in [0.05, 0.1) is 5.69 Å². The molecule has 0 aliphatic carbocycles. The molecule has 3 heterocycles. The van der Waals surface area contributed by atoms with E-state index in [1.807, 2.05) is 32.0 Å². The fourth-order valence-corrected chi connectivity index (χ4v) is 3.65. The molecule has 6 heteroatoms. The minimum absolute atomic E-state index is 0.167. The van der Waals surface area contributed by atoms with E-state index in [1.54, 1.807) is 0 Å². The SMILES string of the molecule is Cc1cc(-c2cc(=O)[nH]c(-c3ccc(CN4CCN(C)CC4)cc3)n2)c(C)o1. The molecule has 1 N–H and O–H groups in total. The lowest BCUT2D eigenvalue weighted by Gasteiger charge is -2.32. The third-order valence-electron chi connectivity index (χ3n) is 5.29. The maximum absolute atomic E-state index is 12.2. The van der Waals surface area contributed by atoms with E-state index in [2.05, 4.69) is 38.9 Å². The van der Waals surface area contributed by atoms with Crippen molar-refractivity contribution in [2.75, 3.05) is 33.2 Å². The van der Waals surface area contributed by atoms with E-state index in [0.717, 1.165) is 55.4 Å². The molecule has 28 heavy (non-hydrogen) atoms. The van der Waals surface area contributed by atoms with E-state index in [4.69, 9.17) is 4.42 Å². The summed E-state index contributed by atoms with van der Waals surface area (Å²) in [5.74, 6) is 2.15. The highest BCUT2D eigenvalue weighted by atomic mass is 16.3. The van der Waals surface area contributed by atoms with Gasteiger partial charge in [-0.15, -0.1) is 0 Å². The third-order valence-corrected chi connectivity index (χ3v) is 5.29. The molecule has 0 saturated carbocycles. The Morgan fingerprint density at radius 3 is 2.43 bits per heavy atom. The minimum Gasteiger partial charge on any atom is -0.466 e. The van der Waals surface area contributed by atoms with Crippen molar-refractivity contribution in [3.8, 4) is 22.6 Å². The van der Waals surface area contributed by atoms with Gasteiger partial charge in [-0.2, -0.15) is 0 Å². The maximum atomic E-state index is 12.2. The van der Waals surface area contributed by atoms with Gasteiger partial charge in [0.15, 0.2) is 0 Å². The van der Waals surface area contributed by atoms with Crippen LogP contribution in [0.5, 0.6) is 0 Å². The third kappa shape index (κ3) is 4.08. The summed E-state index contributed by atoms with van der Waals surface area (Å²) in [6.07, 6.45) is 0. The summed E-state index contributed by atoms with van der Waals surface area (Å²) in [5.41, 5.74) is 3.50. The number of aromatic nitrogens is 2. The first-order chi connectivity index (χ1) is 13.5. The molecule has 0 amide bonds. The van der Waals surface area contributed by atoms with Crippen LogP contribution in [0.25, 0.3) is 22.6 Å². The average molecular weight is 378 g/mol. The van der Waals surface area contributed by atoms with Crippen molar-refractivity contribution in [3.05, 3.63) is 63.8 Å². The molecule has 6 nitrogen and oxygen atoms in total. The number of furan rings is 1. The molecule has 0 unspecified atom stereocenters. The van der Waals surface area contributed by atoms with Crippen molar-refractivity contribution in [2.45, 2.75) is 20.4 Å². The smallest absolute Gasteiger partial charge is 0.251 e. The van der Waals surface area contributed by atoms with E-state index in [9.17, 15) is 4.79 Å². The van der Waals surface area contributed by atoms with Crippen molar-refractivity contribution < 1.29 is 4.42 Å². The lowest BCUT2D eigenvalue weighted by molar-refractivity contribution is 0.148. The molecule has 0 radical (unpaired) electrons. The minimum atomic E-state index is -0.167. The Bertz CT molecular complexity index is 1010. The van der Waals surface area contributed by atoms with Crippen LogP contribution in [-0.2, 0) is 6.54 Å². The van der Waals surface area contributed by atoms with Crippen LogP contribution in [-0.4, -0.2) is 53.0 Å². The molecule has 1 fully saturated rings. The largest absolute Gasteiger partial charge is 0.466 e. The van der Waals surface area contributed by atoms with Gasteiger partial charge >= 0.3 is 0 Å². The second-order valence-electron chi connectivity index (χ2n) is 7.58. The number of H-pyrrole nitrogens is 1. The Hall–Kier alpha value is -2.70. The molecule has 146 valence electrons. The quantitative estimate of drug-likeness (QED) is 0.756. The maximum Gasteiger partial charge on any atom is 0.251 e. The van der Waals surface area contributed by atoms with E-state index in [-0.39, 0.29) is 5.56 Å². The number of aromatic amines is 1. The summed E-state index contributed by atoms with van der Waals surface area (Å²) in [6.45, 7) is 9.15. The van der Waals surface area contributed by atoms with Gasteiger partial charge in [-0.1, -0.05) is 24.3 Å². The van der Waals surface area contributed by atoms with E-state index in [0.29, 0.717) is 11.5 Å². The van der Waals surface area contributed by atoms with Crippen molar-refractivity contribution >= 4 is 0 Å². The van der Waals surface area contributed by atoms with Crippen molar-refractivity contribution in [3.63, 3.8) is 0 Å². The van der Waals surface area contributed by atoms with Gasteiger partial charge in [0.2, 0.25) is 0 Å². The first kappa shape index (κ1) is 18.7. The number of nitrogens with zero attached hydrogens (tertiary/aromatic N) is 3.